The van der Waals surface area contributed by atoms with Crippen LogP contribution in [-0.4, -0.2) is 34.0 Å². The smallest absolute Gasteiger partial charge is 0.256 e. The van der Waals surface area contributed by atoms with Crippen LogP contribution in [0, 0.1) is 0 Å². The Hall–Kier alpha value is -3.08. The summed E-state index contributed by atoms with van der Waals surface area (Å²) in [6.07, 6.45) is 3.65. The molecule has 0 aliphatic carbocycles. The molecule has 0 bridgehead atoms. The van der Waals surface area contributed by atoms with Crippen molar-refractivity contribution in [2.75, 3.05) is 13.7 Å². The molecule has 0 spiro atoms. The first-order chi connectivity index (χ1) is 12.3. The fraction of sp³-hybridized carbons (Fsp3) is 0.200. The van der Waals surface area contributed by atoms with Gasteiger partial charge in [0.05, 0.1) is 18.7 Å². The highest BCUT2D eigenvalue weighted by Gasteiger charge is 2.32. The molecule has 1 aliphatic heterocycles. The van der Waals surface area contributed by atoms with Gasteiger partial charge in [0, 0.05) is 37.2 Å². The Morgan fingerprint density at radius 2 is 1.92 bits per heavy atom. The molecule has 3 aromatic rings. The van der Waals surface area contributed by atoms with E-state index in [2.05, 4.69) is 33.9 Å². The van der Waals surface area contributed by atoms with Crippen molar-refractivity contribution < 1.29 is 9.53 Å². The Kier molecular flexibility index (Phi) is 3.98. The van der Waals surface area contributed by atoms with Gasteiger partial charge in [0.25, 0.3) is 5.91 Å². The van der Waals surface area contributed by atoms with Gasteiger partial charge in [-0.15, -0.1) is 0 Å². The van der Waals surface area contributed by atoms with Gasteiger partial charge in [0.1, 0.15) is 0 Å². The van der Waals surface area contributed by atoms with Crippen molar-refractivity contribution in [3.63, 3.8) is 0 Å². The van der Waals surface area contributed by atoms with Crippen LogP contribution in [0.3, 0.4) is 0 Å². The van der Waals surface area contributed by atoms with E-state index in [1.165, 1.54) is 0 Å². The standard InChI is InChI=1S/C20H19N3O2/c1-25-18-10-9-16(14-21-18)20(24)23-13-12-22-11-5-8-17(22)19(23)15-6-3-2-4-7-15/h2-11,14,19H,12-13H2,1H3. The number of benzene rings is 1. The Morgan fingerprint density at radius 3 is 2.64 bits per heavy atom. The quantitative estimate of drug-likeness (QED) is 0.740. The minimum absolute atomic E-state index is 0.0172. The summed E-state index contributed by atoms with van der Waals surface area (Å²) in [6, 6.07) is 17.7. The highest BCUT2D eigenvalue weighted by molar-refractivity contribution is 5.94. The molecule has 1 aliphatic rings. The summed E-state index contributed by atoms with van der Waals surface area (Å²) in [5, 5.41) is 0. The van der Waals surface area contributed by atoms with E-state index < -0.39 is 0 Å². The topological polar surface area (TPSA) is 47.4 Å². The zero-order chi connectivity index (χ0) is 17.2. The molecule has 0 N–H and O–H groups in total. The van der Waals surface area contributed by atoms with Crippen molar-refractivity contribution in [3.8, 4) is 5.88 Å². The fourth-order valence-corrected chi connectivity index (χ4v) is 3.38. The maximum Gasteiger partial charge on any atom is 0.256 e. The van der Waals surface area contributed by atoms with Crippen molar-refractivity contribution in [3.05, 3.63) is 83.8 Å². The Morgan fingerprint density at radius 1 is 1.08 bits per heavy atom. The number of ether oxygens (including phenoxy) is 1. The Bertz CT molecular complexity index is 871. The number of hydrogen-bond donors (Lipinski definition) is 0. The molecule has 4 rings (SSSR count). The summed E-state index contributed by atoms with van der Waals surface area (Å²) in [5.41, 5.74) is 2.81. The molecule has 1 unspecified atom stereocenters. The molecule has 0 fully saturated rings. The van der Waals surface area contributed by atoms with Crippen molar-refractivity contribution in [1.29, 1.82) is 0 Å². The van der Waals surface area contributed by atoms with E-state index in [9.17, 15) is 4.79 Å². The fourth-order valence-electron chi connectivity index (χ4n) is 3.38. The summed E-state index contributed by atoms with van der Waals surface area (Å²) in [5.74, 6) is 0.486. The second-order valence-electron chi connectivity index (χ2n) is 6.03. The van der Waals surface area contributed by atoms with Crippen LogP contribution in [0.5, 0.6) is 5.88 Å². The zero-order valence-corrected chi connectivity index (χ0v) is 14.0. The van der Waals surface area contributed by atoms with Crippen LogP contribution in [0.2, 0.25) is 0 Å². The third kappa shape index (κ3) is 2.78. The minimum atomic E-state index is -0.0976. The monoisotopic (exact) mass is 333 g/mol. The van der Waals surface area contributed by atoms with E-state index >= 15 is 0 Å². The van der Waals surface area contributed by atoms with Crippen LogP contribution in [0.1, 0.15) is 27.7 Å². The predicted octanol–water partition coefficient (Wildman–Crippen LogP) is 3.14. The number of amides is 1. The number of pyridine rings is 1. The number of carbonyl (C=O) groups excluding carboxylic acids is 1. The maximum atomic E-state index is 13.2. The molecule has 0 saturated heterocycles. The molecule has 0 saturated carbocycles. The predicted molar refractivity (Wildman–Crippen MR) is 94.5 cm³/mol. The van der Waals surface area contributed by atoms with E-state index in [0.717, 1.165) is 17.8 Å². The lowest BCUT2D eigenvalue weighted by Gasteiger charge is -2.37. The highest BCUT2D eigenvalue weighted by Crippen LogP contribution is 2.33. The number of hydrogen-bond acceptors (Lipinski definition) is 3. The van der Waals surface area contributed by atoms with Gasteiger partial charge < -0.3 is 14.2 Å². The maximum absolute atomic E-state index is 13.2. The van der Waals surface area contributed by atoms with Crippen molar-refractivity contribution >= 4 is 5.91 Å². The molecule has 126 valence electrons. The number of aromatic nitrogens is 2. The van der Waals surface area contributed by atoms with Gasteiger partial charge in [-0.3, -0.25) is 4.79 Å². The van der Waals surface area contributed by atoms with E-state index in [1.54, 1.807) is 25.4 Å². The molecule has 1 amide bonds. The molecular weight excluding hydrogens is 314 g/mol. The van der Waals surface area contributed by atoms with E-state index in [0.29, 0.717) is 18.0 Å². The van der Waals surface area contributed by atoms with Crippen LogP contribution < -0.4 is 4.74 Å². The van der Waals surface area contributed by atoms with Crippen molar-refractivity contribution in [2.24, 2.45) is 0 Å². The minimum Gasteiger partial charge on any atom is -0.481 e. The molecular formula is C20H19N3O2. The summed E-state index contributed by atoms with van der Waals surface area (Å²) in [6.45, 7) is 1.45. The molecule has 0 radical (unpaired) electrons. The second kappa shape index (κ2) is 6.43. The third-order valence-electron chi connectivity index (χ3n) is 4.61. The van der Waals surface area contributed by atoms with Crippen LogP contribution in [0.15, 0.2) is 67.0 Å². The summed E-state index contributed by atoms with van der Waals surface area (Å²) < 4.78 is 7.30. The average molecular weight is 333 g/mol. The van der Waals surface area contributed by atoms with Gasteiger partial charge in [0.15, 0.2) is 0 Å². The van der Waals surface area contributed by atoms with Gasteiger partial charge in [-0.1, -0.05) is 30.3 Å². The second-order valence-corrected chi connectivity index (χ2v) is 6.03. The van der Waals surface area contributed by atoms with Crippen molar-refractivity contribution in [2.45, 2.75) is 12.6 Å². The van der Waals surface area contributed by atoms with Crippen LogP contribution in [0.25, 0.3) is 0 Å². The first-order valence-corrected chi connectivity index (χ1v) is 8.29. The summed E-state index contributed by atoms with van der Waals surface area (Å²) in [4.78, 5) is 19.2. The van der Waals surface area contributed by atoms with Crippen molar-refractivity contribution in [1.82, 2.24) is 14.5 Å². The van der Waals surface area contributed by atoms with Crippen LogP contribution >= 0.6 is 0 Å². The van der Waals surface area contributed by atoms with Crippen LogP contribution in [-0.2, 0) is 6.54 Å². The van der Waals surface area contributed by atoms with E-state index in [-0.39, 0.29) is 11.9 Å². The van der Waals surface area contributed by atoms with E-state index in [4.69, 9.17) is 4.74 Å². The van der Waals surface area contributed by atoms with E-state index in [1.807, 2.05) is 29.2 Å². The SMILES string of the molecule is COc1ccc(C(=O)N2CCn3cccc3C2c2ccccc2)cn1. The average Bonchev–Trinajstić information content (AvgIpc) is 3.16. The first-order valence-electron chi connectivity index (χ1n) is 8.29. The van der Waals surface area contributed by atoms with Gasteiger partial charge in [0.2, 0.25) is 5.88 Å². The molecule has 1 aromatic carbocycles. The Labute approximate surface area is 146 Å². The summed E-state index contributed by atoms with van der Waals surface area (Å²) >= 11 is 0. The number of carbonyl (C=O) groups is 1. The molecule has 25 heavy (non-hydrogen) atoms. The lowest BCUT2D eigenvalue weighted by Crippen LogP contribution is -2.42. The third-order valence-corrected chi connectivity index (χ3v) is 4.61. The molecule has 3 heterocycles. The molecule has 5 nitrogen and oxygen atoms in total. The number of methoxy groups -OCH3 is 1. The van der Waals surface area contributed by atoms with Gasteiger partial charge in [-0.05, 0) is 23.8 Å². The first kappa shape index (κ1) is 15.4. The molecule has 5 heteroatoms. The molecule has 1 atom stereocenters. The number of nitrogens with zero attached hydrogens (tertiary/aromatic N) is 3. The largest absolute Gasteiger partial charge is 0.481 e. The lowest BCUT2D eigenvalue weighted by molar-refractivity contribution is 0.0663. The van der Waals surface area contributed by atoms with Gasteiger partial charge in [-0.2, -0.15) is 0 Å². The summed E-state index contributed by atoms with van der Waals surface area (Å²) in [7, 11) is 1.56. The van der Waals surface area contributed by atoms with Crippen LogP contribution in [0.4, 0.5) is 0 Å². The Balaban J connectivity index is 1.73. The molecule has 2 aromatic heterocycles. The zero-order valence-electron chi connectivity index (χ0n) is 14.0. The van der Waals surface area contributed by atoms with Gasteiger partial charge >= 0.3 is 0 Å². The normalized spacial score (nSPS) is 16.4. The lowest BCUT2D eigenvalue weighted by atomic mass is 9.99. The highest BCUT2D eigenvalue weighted by atomic mass is 16.5. The number of rotatable bonds is 3. The number of fused-ring (bicyclic) bond motifs is 1. The van der Waals surface area contributed by atoms with Gasteiger partial charge in [-0.25, -0.2) is 4.98 Å².